The van der Waals surface area contributed by atoms with Crippen molar-refractivity contribution in [1.82, 2.24) is 15.6 Å². The minimum Gasteiger partial charge on any atom is -0.506 e. The van der Waals surface area contributed by atoms with Crippen molar-refractivity contribution in [3.63, 3.8) is 0 Å². The van der Waals surface area contributed by atoms with Crippen LogP contribution in [0.3, 0.4) is 0 Å². The zero-order valence-corrected chi connectivity index (χ0v) is 13.4. The third-order valence-corrected chi connectivity index (χ3v) is 2.52. The van der Waals surface area contributed by atoms with E-state index in [1.807, 2.05) is 34.6 Å². The van der Waals surface area contributed by atoms with E-state index in [4.69, 9.17) is 9.84 Å². The van der Waals surface area contributed by atoms with Crippen LogP contribution in [0, 0.1) is 0 Å². The molecule has 0 aliphatic rings. The first kappa shape index (κ1) is 17.2. The maximum atomic E-state index is 11.7. The summed E-state index contributed by atoms with van der Waals surface area (Å²) >= 11 is 0. The summed E-state index contributed by atoms with van der Waals surface area (Å²) in [7, 11) is 0. The highest BCUT2D eigenvalue weighted by molar-refractivity contribution is 5.68. The molecule has 0 bridgehead atoms. The molecule has 6 heteroatoms. The number of alkyl carbamates (subject to hydrolysis) is 1. The highest BCUT2D eigenvalue weighted by Crippen LogP contribution is 2.09. The van der Waals surface area contributed by atoms with Crippen molar-refractivity contribution in [1.29, 1.82) is 0 Å². The van der Waals surface area contributed by atoms with Crippen LogP contribution in [0.5, 0.6) is 5.75 Å². The minimum absolute atomic E-state index is 0.144. The zero-order chi connectivity index (χ0) is 16.1. The Kier molecular flexibility index (Phi) is 5.54. The van der Waals surface area contributed by atoms with E-state index in [2.05, 4.69) is 15.6 Å². The average Bonchev–Trinajstić information content (AvgIpc) is 2.28. The van der Waals surface area contributed by atoms with Crippen LogP contribution in [-0.4, -0.2) is 33.9 Å². The van der Waals surface area contributed by atoms with Crippen molar-refractivity contribution in [3.8, 4) is 5.75 Å². The molecule has 0 saturated carbocycles. The molecule has 0 radical (unpaired) electrons. The molecule has 0 spiro atoms. The zero-order valence-electron chi connectivity index (χ0n) is 13.4. The van der Waals surface area contributed by atoms with E-state index in [0.717, 1.165) is 5.69 Å². The van der Waals surface area contributed by atoms with Crippen LogP contribution in [0.15, 0.2) is 18.3 Å². The molecule has 1 rings (SSSR count). The van der Waals surface area contributed by atoms with Gasteiger partial charge in [-0.05, 0) is 46.8 Å². The van der Waals surface area contributed by atoms with Crippen LogP contribution >= 0.6 is 0 Å². The smallest absolute Gasteiger partial charge is 0.408 e. The predicted molar refractivity (Wildman–Crippen MR) is 81.1 cm³/mol. The first-order chi connectivity index (χ1) is 9.57. The molecule has 0 saturated heterocycles. The van der Waals surface area contributed by atoms with Crippen LogP contribution in [0.1, 0.15) is 40.3 Å². The van der Waals surface area contributed by atoms with Crippen molar-refractivity contribution in [3.05, 3.63) is 24.0 Å². The van der Waals surface area contributed by atoms with E-state index < -0.39 is 17.2 Å². The number of hydrogen-bond donors (Lipinski definition) is 3. The molecule has 118 valence electrons. The molecule has 0 unspecified atom stereocenters. The lowest BCUT2D eigenvalue weighted by atomic mass is 10.1. The topological polar surface area (TPSA) is 83.5 Å². The van der Waals surface area contributed by atoms with Gasteiger partial charge in [0.05, 0.1) is 17.4 Å². The Balaban J connectivity index is 2.38. The number of rotatable bonds is 5. The van der Waals surface area contributed by atoms with Crippen LogP contribution in [-0.2, 0) is 11.3 Å². The summed E-state index contributed by atoms with van der Waals surface area (Å²) in [5, 5.41) is 15.2. The highest BCUT2D eigenvalue weighted by atomic mass is 16.6. The lowest BCUT2D eigenvalue weighted by Crippen LogP contribution is -2.51. The first-order valence-electron chi connectivity index (χ1n) is 6.93. The standard InChI is InChI=1S/C15H25N3O3/c1-14(2,3)21-13(20)18-15(4,5)10-16-8-11-6-7-12(19)9-17-11/h6-7,9,16,19H,8,10H2,1-5H3,(H,18,20). The number of hydrogen-bond acceptors (Lipinski definition) is 5. The number of pyridine rings is 1. The average molecular weight is 295 g/mol. The molecule has 0 fully saturated rings. The van der Waals surface area contributed by atoms with Crippen LogP contribution < -0.4 is 10.6 Å². The highest BCUT2D eigenvalue weighted by Gasteiger charge is 2.24. The molecular formula is C15H25N3O3. The van der Waals surface area contributed by atoms with E-state index >= 15 is 0 Å². The number of nitrogens with zero attached hydrogens (tertiary/aromatic N) is 1. The fraction of sp³-hybridized carbons (Fsp3) is 0.600. The Bertz CT molecular complexity index is 464. The van der Waals surface area contributed by atoms with Gasteiger partial charge < -0.3 is 20.5 Å². The van der Waals surface area contributed by atoms with E-state index in [0.29, 0.717) is 13.1 Å². The summed E-state index contributed by atoms with van der Waals surface area (Å²) in [6.45, 7) is 10.4. The molecule has 0 aliphatic carbocycles. The van der Waals surface area contributed by atoms with Gasteiger partial charge in [0.15, 0.2) is 0 Å². The lowest BCUT2D eigenvalue weighted by Gasteiger charge is -2.28. The van der Waals surface area contributed by atoms with Crippen molar-refractivity contribution < 1.29 is 14.6 Å². The Morgan fingerprint density at radius 2 is 1.95 bits per heavy atom. The molecular weight excluding hydrogens is 270 g/mol. The Morgan fingerprint density at radius 1 is 1.29 bits per heavy atom. The molecule has 1 aromatic rings. The molecule has 6 nitrogen and oxygen atoms in total. The van der Waals surface area contributed by atoms with E-state index in [-0.39, 0.29) is 5.75 Å². The second-order valence-electron chi connectivity index (χ2n) is 6.62. The molecule has 1 aromatic heterocycles. The van der Waals surface area contributed by atoms with Gasteiger partial charge in [-0.3, -0.25) is 4.98 Å². The summed E-state index contributed by atoms with van der Waals surface area (Å²) in [4.78, 5) is 15.8. The summed E-state index contributed by atoms with van der Waals surface area (Å²) in [6, 6.07) is 3.34. The second-order valence-corrected chi connectivity index (χ2v) is 6.62. The quantitative estimate of drug-likeness (QED) is 0.775. The monoisotopic (exact) mass is 295 g/mol. The first-order valence-corrected chi connectivity index (χ1v) is 6.93. The van der Waals surface area contributed by atoms with Gasteiger partial charge in [-0.15, -0.1) is 0 Å². The van der Waals surface area contributed by atoms with Crippen LogP contribution in [0.25, 0.3) is 0 Å². The van der Waals surface area contributed by atoms with Gasteiger partial charge >= 0.3 is 6.09 Å². The molecule has 21 heavy (non-hydrogen) atoms. The third-order valence-electron chi connectivity index (χ3n) is 2.52. The number of carbonyl (C=O) groups excluding carboxylic acids is 1. The van der Waals surface area contributed by atoms with Gasteiger partial charge in [-0.1, -0.05) is 0 Å². The van der Waals surface area contributed by atoms with Gasteiger partial charge in [-0.2, -0.15) is 0 Å². The van der Waals surface area contributed by atoms with Gasteiger partial charge in [0, 0.05) is 13.1 Å². The molecule has 0 atom stereocenters. The summed E-state index contributed by atoms with van der Waals surface area (Å²) in [6.07, 6.45) is 0.971. The molecule has 0 aromatic carbocycles. The number of carbonyl (C=O) groups is 1. The Labute approximate surface area is 125 Å². The fourth-order valence-corrected chi connectivity index (χ4v) is 1.65. The summed E-state index contributed by atoms with van der Waals surface area (Å²) < 4.78 is 5.23. The van der Waals surface area contributed by atoms with E-state index in [1.165, 1.54) is 6.20 Å². The van der Waals surface area contributed by atoms with Crippen molar-refractivity contribution in [2.45, 2.75) is 52.3 Å². The summed E-state index contributed by atoms with van der Waals surface area (Å²) in [5.41, 5.74) is -0.135. The third kappa shape index (κ3) is 7.51. The number of amides is 1. The van der Waals surface area contributed by atoms with E-state index in [9.17, 15) is 4.79 Å². The van der Waals surface area contributed by atoms with Crippen molar-refractivity contribution in [2.75, 3.05) is 6.54 Å². The lowest BCUT2D eigenvalue weighted by molar-refractivity contribution is 0.0472. The summed E-state index contributed by atoms with van der Waals surface area (Å²) in [5.74, 6) is 0.144. The molecule has 0 aliphatic heterocycles. The Hall–Kier alpha value is -1.82. The minimum atomic E-state index is -0.510. The fourth-order valence-electron chi connectivity index (χ4n) is 1.65. The predicted octanol–water partition coefficient (Wildman–Crippen LogP) is 2.18. The number of nitrogens with one attached hydrogen (secondary N) is 2. The van der Waals surface area contributed by atoms with Crippen LogP contribution in [0.2, 0.25) is 0 Å². The number of ether oxygens (including phenoxy) is 1. The maximum Gasteiger partial charge on any atom is 0.408 e. The van der Waals surface area contributed by atoms with Gasteiger partial charge in [-0.25, -0.2) is 4.79 Å². The largest absolute Gasteiger partial charge is 0.506 e. The number of aromatic nitrogens is 1. The molecule has 3 N–H and O–H groups in total. The normalized spacial score (nSPS) is 12.0. The number of aromatic hydroxyl groups is 1. The SMILES string of the molecule is CC(C)(CNCc1ccc(O)cn1)NC(=O)OC(C)(C)C. The van der Waals surface area contributed by atoms with E-state index in [1.54, 1.807) is 12.1 Å². The molecule has 1 heterocycles. The van der Waals surface area contributed by atoms with Gasteiger partial charge in [0.2, 0.25) is 0 Å². The van der Waals surface area contributed by atoms with Crippen LogP contribution in [0.4, 0.5) is 4.79 Å². The second kappa shape index (κ2) is 6.76. The Morgan fingerprint density at radius 3 is 2.48 bits per heavy atom. The van der Waals surface area contributed by atoms with Gasteiger partial charge in [0.1, 0.15) is 11.4 Å². The van der Waals surface area contributed by atoms with Gasteiger partial charge in [0.25, 0.3) is 0 Å². The molecule has 1 amide bonds. The van der Waals surface area contributed by atoms with Crippen molar-refractivity contribution >= 4 is 6.09 Å². The maximum absolute atomic E-state index is 11.7. The van der Waals surface area contributed by atoms with Crippen molar-refractivity contribution in [2.24, 2.45) is 0 Å².